The zero-order valence-electron chi connectivity index (χ0n) is 10.6. The molecule has 3 rings (SSSR count). The molecule has 0 aliphatic rings. The first-order valence-electron chi connectivity index (χ1n) is 5.88. The molecule has 1 N–H and O–H groups in total. The Morgan fingerprint density at radius 1 is 1.15 bits per heavy atom. The second-order valence-corrected chi connectivity index (χ2v) is 7.50. The van der Waals surface area contributed by atoms with Gasteiger partial charge in [-0.25, -0.2) is 8.42 Å². The molecule has 4 nitrogen and oxygen atoms in total. The van der Waals surface area contributed by atoms with Crippen LogP contribution in [0.1, 0.15) is 0 Å². The molecule has 0 aliphatic carbocycles. The van der Waals surface area contributed by atoms with Gasteiger partial charge in [-0.1, -0.05) is 12.1 Å². The third-order valence-corrected chi connectivity index (χ3v) is 4.59. The van der Waals surface area contributed by atoms with Crippen LogP contribution in [0.2, 0.25) is 0 Å². The van der Waals surface area contributed by atoms with Crippen molar-refractivity contribution < 1.29 is 8.42 Å². The maximum Gasteiger partial charge on any atom is 0.175 e. The van der Waals surface area contributed by atoms with Gasteiger partial charge in [-0.2, -0.15) is 0 Å². The molecule has 0 spiro atoms. The molecular weight excluding hydrogens is 340 g/mol. The second-order valence-electron chi connectivity index (χ2n) is 4.57. The summed E-state index contributed by atoms with van der Waals surface area (Å²) in [5, 5.41) is 0. The van der Waals surface area contributed by atoms with Crippen LogP contribution >= 0.6 is 15.9 Å². The van der Waals surface area contributed by atoms with E-state index in [1.807, 2.05) is 12.1 Å². The second kappa shape index (κ2) is 4.71. The van der Waals surface area contributed by atoms with Gasteiger partial charge in [-0.05, 0) is 45.8 Å². The number of aromatic nitrogens is 2. The molecule has 0 fully saturated rings. The number of pyridine rings is 1. The third kappa shape index (κ3) is 2.48. The van der Waals surface area contributed by atoms with Gasteiger partial charge in [-0.15, -0.1) is 0 Å². The molecule has 20 heavy (non-hydrogen) atoms. The summed E-state index contributed by atoms with van der Waals surface area (Å²) in [7, 11) is -3.16. The SMILES string of the molecule is CS(=O)(=O)c1ccc(-c2cc3ncc(Br)cc3[nH]2)cc1. The maximum atomic E-state index is 11.4. The smallest absolute Gasteiger partial charge is 0.175 e. The summed E-state index contributed by atoms with van der Waals surface area (Å²) in [5.74, 6) is 0. The Hall–Kier alpha value is -1.66. The molecule has 0 radical (unpaired) electrons. The number of halogens is 1. The first-order chi connectivity index (χ1) is 9.43. The van der Waals surface area contributed by atoms with E-state index in [4.69, 9.17) is 0 Å². The molecule has 102 valence electrons. The fourth-order valence-corrected chi connectivity index (χ4v) is 2.98. The van der Waals surface area contributed by atoms with Gasteiger partial charge in [0.2, 0.25) is 0 Å². The molecule has 2 aromatic heterocycles. The van der Waals surface area contributed by atoms with Crippen LogP contribution in [0.3, 0.4) is 0 Å². The van der Waals surface area contributed by atoms with Crippen LogP contribution in [0.4, 0.5) is 0 Å². The normalized spacial score (nSPS) is 11.9. The Kier molecular flexibility index (Phi) is 3.14. The zero-order valence-corrected chi connectivity index (χ0v) is 13.0. The topological polar surface area (TPSA) is 62.8 Å². The quantitative estimate of drug-likeness (QED) is 0.770. The number of nitrogens with zero attached hydrogens (tertiary/aromatic N) is 1. The lowest BCUT2D eigenvalue weighted by atomic mass is 10.1. The number of sulfone groups is 1. The summed E-state index contributed by atoms with van der Waals surface area (Å²) in [6.45, 7) is 0. The van der Waals surface area contributed by atoms with Crippen molar-refractivity contribution in [3.63, 3.8) is 0 Å². The lowest BCUT2D eigenvalue weighted by molar-refractivity contribution is 0.602. The lowest BCUT2D eigenvalue weighted by Gasteiger charge is -2.00. The number of nitrogens with one attached hydrogen (secondary N) is 1. The van der Waals surface area contributed by atoms with E-state index >= 15 is 0 Å². The van der Waals surface area contributed by atoms with Crippen LogP contribution in [0.15, 0.2) is 52.0 Å². The number of hydrogen-bond acceptors (Lipinski definition) is 3. The van der Waals surface area contributed by atoms with E-state index in [1.165, 1.54) is 6.26 Å². The predicted molar refractivity (Wildman–Crippen MR) is 82.3 cm³/mol. The first-order valence-corrected chi connectivity index (χ1v) is 8.57. The average molecular weight is 351 g/mol. The zero-order chi connectivity index (χ0) is 14.3. The van der Waals surface area contributed by atoms with Crippen molar-refractivity contribution >= 4 is 36.8 Å². The van der Waals surface area contributed by atoms with Crippen LogP contribution in [0, 0.1) is 0 Å². The third-order valence-electron chi connectivity index (χ3n) is 3.03. The number of fused-ring (bicyclic) bond motifs is 1. The summed E-state index contributed by atoms with van der Waals surface area (Å²) in [5.41, 5.74) is 3.63. The highest BCUT2D eigenvalue weighted by atomic mass is 79.9. The molecule has 6 heteroatoms. The van der Waals surface area contributed by atoms with Crippen molar-refractivity contribution in [2.75, 3.05) is 6.26 Å². The number of aromatic amines is 1. The Labute approximate surface area is 124 Å². The van der Waals surface area contributed by atoms with Gasteiger partial charge in [0.25, 0.3) is 0 Å². The van der Waals surface area contributed by atoms with Gasteiger partial charge in [-0.3, -0.25) is 4.98 Å². The average Bonchev–Trinajstić information content (AvgIpc) is 2.80. The van der Waals surface area contributed by atoms with E-state index in [1.54, 1.807) is 30.5 Å². The van der Waals surface area contributed by atoms with Gasteiger partial charge in [0.05, 0.1) is 15.9 Å². The van der Waals surface area contributed by atoms with Crippen molar-refractivity contribution in [3.05, 3.63) is 47.1 Å². The first kappa shape index (κ1) is 13.3. The molecule has 0 amide bonds. The highest BCUT2D eigenvalue weighted by Gasteiger charge is 2.08. The molecule has 0 saturated heterocycles. The standard InChI is InChI=1S/C14H11BrN2O2S/c1-20(18,19)11-4-2-9(3-5-11)12-7-13-14(17-12)6-10(15)8-16-13/h2-8,17H,1H3. The Balaban J connectivity index is 2.07. The Morgan fingerprint density at radius 3 is 2.50 bits per heavy atom. The van der Waals surface area contributed by atoms with Crippen LogP contribution < -0.4 is 0 Å². The monoisotopic (exact) mass is 350 g/mol. The van der Waals surface area contributed by atoms with Crippen molar-refractivity contribution in [2.24, 2.45) is 0 Å². The van der Waals surface area contributed by atoms with E-state index in [9.17, 15) is 8.42 Å². The summed E-state index contributed by atoms with van der Waals surface area (Å²) in [6.07, 6.45) is 2.94. The summed E-state index contributed by atoms with van der Waals surface area (Å²) >= 11 is 3.38. The van der Waals surface area contributed by atoms with E-state index in [0.29, 0.717) is 4.90 Å². The molecule has 2 heterocycles. The van der Waals surface area contributed by atoms with Crippen molar-refractivity contribution in [1.82, 2.24) is 9.97 Å². The van der Waals surface area contributed by atoms with Crippen molar-refractivity contribution in [2.45, 2.75) is 4.90 Å². The largest absolute Gasteiger partial charge is 0.353 e. The lowest BCUT2D eigenvalue weighted by Crippen LogP contribution is -1.96. The molecule has 0 saturated carbocycles. The highest BCUT2D eigenvalue weighted by Crippen LogP contribution is 2.25. The van der Waals surface area contributed by atoms with Gasteiger partial charge in [0, 0.05) is 22.6 Å². The maximum absolute atomic E-state index is 11.4. The fraction of sp³-hybridized carbons (Fsp3) is 0.0714. The number of benzene rings is 1. The number of H-pyrrole nitrogens is 1. The Morgan fingerprint density at radius 2 is 1.85 bits per heavy atom. The Bertz CT molecular complexity index is 883. The highest BCUT2D eigenvalue weighted by molar-refractivity contribution is 9.10. The van der Waals surface area contributed by atoms with Crippen LogP contribution in [0.25, 0.3) is 22.3 Å². The molecular formula is C14H11BrN2O2S. The van der Waals surface area contributed by atoms with E-state index in [0.717, 1.165) is 26.8 Å². The van der Waals surface area contributed by atoms with Gasteiger partial charge >= 0.3 is 0 Å². The summed E-state index contributed by atoms with van der Waals surface area (Å²) < 4.78 is 23.8. The molecule has 1 aromatic carbocycles. The van der Waals surface area contributed by atoms with Gasteiger partial charge in [0.1, 0.15) is 0 Å². The number of hydrogen-bond donors (Lipinski definition) is 1. The molecule has 0 aliphatic heterocycles. The van der Waals surface area contributed by atoms with Crippen molar-refractivity contribution in [1.29, 1.82) is 0 Å². The predicted octanol–water partition coefficient (Wildman–Crippen LogP) is 3.40. The molecule has 0 atom stereocenters. The molecule has 3 aromatic rings. The van der Waals surface area contributed by atoms with Crippen LogP contribution in [0.5, 0.6) is 0 Å². The van der Waals surface area contributed by atoms with E-state index in [-0.39, 0.29) is 0 Å². The van der Waals surface area contributed by atoms with Gasteiger partial charge < -0.3 is 4.98 Å². The van der Waals surface area contributed by atoms with E-state index < -0.39 is 9.84 Å². The summed E-state index contributed by atoms with van der Waals surface area (Å²) in [4.78, 5) is 7.90. The van der Waals surface area contributed by atoms with E-state index in [2.05, 4.69) is 25.9 Å². The number of rotatable bonds is 2. The minimum atomic E-state index is -3.16. The molecule has 0 unspecified atom stereocenters. The minimum absolute atomic E-state index is 0.318. The van der Waals surface area contributed by atoms with Gasteiger partial charge in [0.15, 0.2) is 9.84 Å². The van der Waals surface area contributed by atoms with Crippen LogP contribution in [-0.2, 0) is 9.84 Å². The summed E-state index contributed by atoms with van der Waals surface area (Å²) in [6, 6.07) is 10.7. The minimum Gasteiger partial charge on any atom is -0.353 e. The fourth-order valence-electron chi connectivity index (χ4n) is 2.02. The van der Waals surface area contributed by atoms with Crippen molar-refractivity contribution in [3.8, 4) is 11.3 Å². The van der Waals surface area contributed by atoms with Crippen LogP contribution in [-0.4, -0.2) is 24.6 Å². The molecule has 0 bridgehead atoms.